The summed E-state index contributed by atoms with van der Waals surface area (Å²) in [4.78, 5) is 5.01. The van der Waals surface area contributed by atoms with Crippen LogP contribution in [0.3, 0.4) is 0 Å². The minimum atomic E-state index is 0.830. The monoisotopic (exact) mass is 452 g/mol. The quantitative estimate of drug-likeness (QED) is 0.0790. The third-order valence-electron chi connectivity index (χ3n) is 6.76. The predicted octanol–water partition coefficient (Wildman–Crippen LogP) is 9.97. The molecule has 0 aromatic heterocycles. The van der Waals surface area contributed by atoms with Crippen LogP contribution in [-0.2, 0) is 0 Å². The van der Waals surface area contributed by atoms with E-state index in [4.69, 9.17) is 4.99 Å². The lowest BCUT2D eigenvalue weighted by molar-refractivity contribution is 0.501. The van der Waals surface area contributed by atoms with E-state index >= 15 is 0 Å². The molecule has 1 rings (SSSR count). The Morgan fingerprint density at radius 3 is 1.71 bits per heavy atom. The van der Waals surface area contributed by atoms with Crippen molar-refractivity contribution in [2.45, 2.75) is 161 Å². The Bertz CT molecular complexity index is 404. The fourth-order valence-corrected chi connectivity index (χ4v) is 5.94. The van der Waals surface area contributed by atoms with Crippen LogP contribution in [0.4, 0.5) is 0 Å². The molecule has 184 valence electrons. The number of hydrogen-bond acceptors (Lipinski definition) is 2. The molecule has 0 radical (unpaired) electrons. The summed E-state index contributed by atoms with van der Waals surface area (Å²) < 4.78 is 2.58. The van der Waals surface area contributed by atoms with Gasteiger partial charge in [0.2, 0.25) is 0 Å². The third-order valence-corrected chi connectivity index (χ3v) is 8.23. The predicted molar refractivity (Wildman–Crippen MR) is 144 cm³/mol. The summed E-state index contributed by atoms with van der Waals surface area (Å²) in [5.74, 6) is 1.29. The minimum Gasteiger partial charge on any atom is -0.304 e. The van der Waals surface area contributed by atoms with Gasteiger partial charge >= 0.3 is 0 Å². The van der Waals surface area contributed by atoms with E-state index in [1.807, 2.05) is 0 Å². The molecular weight excluding hydrogens is 396 g/mol. The van der Waals surface area contributed by atoms with Crippen molar-refractivity contribution in [3.63, 3.8) is 0 Å². The van der Waals surface area contributed by atoms with Gasteiger partial charge in [-0.05, 0) is 44.6 Å². The van der Waals surface area contributed by atoms with E-state index < -0.39 is 0 Å². The van der Waals surface area contributed by atoms with Gasteiger partial charge in [-0.25, -0.2) is 0 Å². The van der Waals surface area contributed by atoms with Crippen LogP contribution in [0.25, 0.3) is 0 Å². The van der Waals surface area contributed by atoms with Crippen LogP contribution in [0, 0.1) is 0 Å². The summed E-state index contributed by atoms with van der Waals surface area (Å²) in [6.07, 6.45) is 29.4. The molecule has 1 aliphatic carbocycles. The second-order valence-electron chi connectivity index (χ2n) is 9.85. The van der Waals surface area contributed by atoms with Crippen LogP contribution in [0.2, 0.25) is 0 Å². The van der Waals surface area contributed by atoms with Crippen molar-refractivity contribution >= 4 is 17.8 Å². The van der Waals surface area contributed by atoms with Gasteiger partial charge in [0, 0.05) is 18.3 Å². The van der Waals surface area contributed by atoms with Gasteiger partial charge in [0.1, 0.15) is 5.84 Å². The second kappa shape index (κ2) is 21.7. The lowest BCUT2D eigenvalue weighted by Gasteiger charge is -2.30. The molecule has 1 fully saturated rings. The summed E-state index contributed by atoms with van der Waals surface area (Å²) in [7, 11) is 0. The van der Waals surface area contributed by atoms with Crippen molar-refractivity contribution in [1.82, 2.24) is 4.31 Å². The van der Waals surface area contributed by atoms with Gasteiger partial charge in [-0.2, -0.15) is 0 Å². The Balaban J connectivity index is 2.26. The highest BCUT2D eigenvalue weighted by Gasteiger charge is 2.19. The SMILES string of the molecule is CCCCCCCCCC/N=C(\C)N(CCCCCCCCCC)SC1CCCCC1. The fraction of sp³-hybridized carbons (Fsp3) is 0.964. The molecule has 0 amide bonds. The maximum Gasteiger partial charge on any atom is 0.106 e. The first-order valence-corrected chi connectivity index (χ1v) is 15.1. The van der Waals surface area contributed by atoms with Crippen LogP contribution in [0.5, 0.6) is 0 Å². The fourth-order valence-electron chi connectivity index (χ4n) is 4.60. The highest BCUT2D eigenvalue weighted by Crippen LogP contribution is 2.31. The highest BCUT2D eigenvalue weighted by atomic mass is 32.2. The van der Waals surface area contributed by atoms with Crippen molar-refractivity contribution in [3.8, 4) is 0 Å². The minimum absolute atomic E-state index is 0.830. The number of aliphatic imine (C=N–C) groups is 1. The first kappa shape index (κ1) is 28.9. The van der Waals surface area contributed by atoms with E-state index in [-0.39, 0.29) is 0 Å². The maximum atomic E-state index is 5.01. The van der Waals surface area contributed by atoms with Crippen molar-refractivity contribution < 1.29 is 0 Å². The molecule has 2 nitrogen and oxygen atoms in total. The van der Waals surface area contributed by atoms with E-state index in [2.05, 4.69) is 37.0 Å². The van der Waals surface area contributed by atoms with Gasteiger partial charge in [0.25, 0.3) is 0 Å². The lowest BCUT2D eigenvalue weighted by atomic mass is 10.0. The van der Waals surface area contributed by atoms with Gasteiger partial charge in [0.15, 0.2) is 0 Å². The number of hydrogen-bond donors (Lipinski definition) is 0. The zero-order chi connectivity index (χ0) is 22.4. The molecule has 0 aliphatic heterocycles. The standard InChI is InChI=1S/C28H56N2S/c1-4-6-8-10-12-14-16-21-25-29-27(3)30(31-28-23-19-18-20-24-28)26-22-17-15-13-11-9-7-5-2/h28H,4-26H2,1-3H3/b29-27+. The molecule has 0 atom stereocenters. The van der Waals surface area contributed by atoms with Crippen LogP contribution < -0.4 is 0 Å². The summed E-state index contributed by atoms with van der Waals surface area (Å²) in [6.45, 7) is 9.09. The van der Waals surface area contributed by atoms with Crippen molar-refractivity contribution in [2.75, 3.05) is 13.1 Å². The molecule has 0 aromatic carbocycles. The Kier molecular flexibility index (Phi) is 20.2. The van der Waals surface area contributed by atoms with E-state index in [1.165, 1.54) is 147 Å². The van der Waals surface area contributed by atoms with Gasteiger partial charge in [-0.15, -0.1) is 0 Å². The average Bonchev–Trinajstić information content (AvgIpc) is 2.79. The number of amidine groups is 1. The molecule has 0 aromatic rings. The summed E-state index contributed by atoms with van der Waals surface area (Å²) in [5.41, 5.74) is 0. The molecule has 1 aliphatic rings. The van der Waals surface area contributed by atoms with Crippen molar-refractivity contribution in [1.29, 1.82) is 0 Å². The molecule has 0 N–H and O–H groups in total. The lowest BCUT2D eigenvalue weighted by Crippen LogP contribution is -2.27. The number of unbranched alkanes of at least 4 members (excludes halogenated alkanes) is 14. The van der Waals surface area contributed by atoms with Crippen LogP contribution in [0.1, 0.15) is 156 Å². The highest BCUT2D eigenvalue weighted by molar-refractivity contribution is 7.98. The van der Waals surface area contributed by atoms with Crippen LogP contribution in [-0.4, -0.2) is 28.5 Å². The van der Waals surface area contributed by atoms with Crippen molar-refractivity contribution in [2.24, 2.45) is 4.99 Å². The van der Waals surface area contributed by atoms with Crippen LogP contribution >= 0.6 is 11.9 Å². The molecule has 0 bridgehead atoms. The largest absolute Gasteiger partial charge is 0.304 e. The van der Waals surface area contributed by atoms with Gasteiger partial charge in [-0.1, -0.05) is 123 Å². The zero-order valence-electron chi connectivity index (χ0n) is 21.6. The van der Waals surface area contributed by atoms with Gasteiger partial charge in [-0.3, -0.25) is 4.99 Å². The third kappa shape index (κ3) is 17.0. The smallest absolute Gasteiger partial charge is 0.106 e. The summed E-state index contributed by atoms with van der Waals surface area (Å²) in [6, 6.07) is 0. The molecule has 1 saturated carbocycles. The van der Waals surface area contributed by atoms with Crippen molar-refractivity contribution in [3.05, 3.63) is 0 Å². The molecule has 0 unspecified atom stereocenters. The number of rotatable bonds is 20. The molecule has 0 heterocycles. The van der Waals surface area contributed by atoms with Gasteiger partial charge in [0.05, 0.1) is 0 Å². The maximum absolute atomic E-state index is 5.01. The summed E-state index contributed by atoms with van der Waals surface area (Å²) >= 11 is 2.13. The topological polar surface area (TPSA) is 15.6 Å². The van der Waals surface area contributed by atoms with Crippen LogP contribution in [0.15, 0.2) is 4.99 Å². The number of nitrogens with zero attached hydrogens (tertiary/aromatic N) is 2. The van der Waals surface area contributed by atoms with E-state index in [0.29, 0.717) is 0 Å². The van der Waals surface area contributed by atoms with E-state index in [0.717, 1.165) is 11.8 Å². The first-order chi connectivity index (χ1) is 15.3. The Morgan fingerprint density at radius 2 is 1.16 bits per heavy atom. The molecule has 31 heavy (non-hydrogen) atoms. The molecule has 0 spiro atoms. The molecule has 0 saturated heterocycles. The van der Waals surface area contributed by atoms with E-state index in [9.17, 15) is 0 Å². The van der Waals surface area contributed by atoms with Gasteiger partial charge < -0.3 is 4.31 Å². The first-order valence-electron chi connectivity index (χ1n) is 14.2. The summed E-state index contributed by atoms with van der Waals surface area (Å²) in [5, 5.41) is 0.830. The van der Waals surface area contributed by atoms with E-state index in [1.54, 1.807) is 0 Å². The molecular formula is C28H56N2S. The second-order valence-corrected chi connectivity index (χ2v) is 11.2. The normalized spacial score (nSPS) is 15.5. The Labute approximate surface area is 201 Å². The Morgan fingerprint density at radius 1 is 0.677 bits per heavy atom. The molecule has 3 heteroatoms. The average molecular weight is 453 g/mol. The Hall–Kier alpha value is -0.180. The zero-order valence-corrected chi connectivity index (χ0v) is 22.5.